The van der Waals surface area contributed by atoms with Crippen LogP contribution >= 0.6 is 11.3 Å². The normalized spacial score (nSPS) is 10.5. The van der Waals surface area contributed by atoms with Gasteiger partial charge in [-0.2, -0.15) is 0 Å². The summed E-state index contributed by atoms with van der Waals surface area (Å²) in [6, 6.07) is 8.94. The number of amides is 2. The number of methoxy groups -OCH3 is 1. The van der Waals surface area contributed by atoms with Crippen LogP contribution in [-0.4, -0.2) is 19.1 Å². The second kappa shape index (κ2) is 7.97. The molecule has 0 spiro atoms. The minimum Gasteiger partial charge on any atom is -0.465 e. The van der Waals surface area contributed by atoms with E-state index < -0.39 is 12.0 Å². The van der Waals surface area contributed by atoms with Crippen LogP contribution in [0.5, 0.6) is 0 Å². The fourth-order valence-electron chi connectivity index (χ4n) is 2.20. The molecule has 0 unspecified atom stereocenters. The molecule has 128 valence electrons. The smallest absolute Gasteiger partial charge is 0.350 e. The average molecular weight is 346 g/mol. The van der Waals surface area contributed by atoms with E-state index in [-0.39, 0.29) is 0 Å². The van der Waals surface area contributed by atoms with Crippen molar-refractivity contribution < 1.29 is 14.3 Å². The van der Waals surface area contributed by atoms with Crippen LogP contribution in [-0.2, 0) is 11.2 Å². The van der Waals surface area contributed by atoms with E-state index in [1.807, 2.05) is 37.3 Å². The van der Waals surface area contributed by atoms with Crippen molar-refractivity contribution in [1.82, 2.24) is 0 Å². The second-order valence-electron chi connectivity index (χ2n) is 5.99. The summed E-state index contributed by atoms with van der Waals surface area (Å²) in [6.45, 7) is 6.19. The van der Waals surface area contributed by atoms with Gasteiger partial charge in [-0.25, -0.2) is 9.59 Å². The Hall–Kier alpha value is -2.34. The van der Waals surface area contributed by atoms with Crippen LogP contribution in [0.15, 0.2) is 30.3 Å². The van der Waals surface area contributed by atoms with E-state index in [4.69, 9.17) is 4.74 Å². The number of ether oxygens (including phenoxy) is 1. The molecular formula is C18H22N2O3S. The van der Waals surface area contributed by atoms with Crippen molar-refractivity contribution in [2.75, 3.05) is 17.7 Å². The fourth-order valence-corrected chi connectivity index (χ4v) is 3.45. The molecule has 2 aromatic rings. The Morgan fingerprint density at radius 1 is 1.17 bits per heavy atom. The van der Waals surface area contributed by atoms with Gasteiger partial charge in [0.2, 0.25) is 0 Å². The van der Waals surface area contributed by atoms with Gasteiger partial charge in [0.1, 0.15) is 4.88 Å². The molecule has 1 aromatic carbocycles. The number of thiophene rings is 1. The Labute approximate surface area is 146 Å². The Balaban J connectivity index is 2.14. The van der Waals surface area contributed by atoms with Gasteiger partial charge in [0.25, 0.3) is 0 Å². The molecule has 5 nitrogen and oxygen atoms in total. The summed E-state index contributed by atoms with van der Waals surface area (Å²) in [4.78, 5) is 25.6. The number of rotatable bonds is 5. The van der Waals surface area contributed by atoms with Crippen molar-refractivity contribution in [2.45, 2.75) is 27.2 Å². The first kappa shape index (κ1) is 18.0. The van der Waals surface area contributed by atoms with Crippen molar-refractivity contribution in [3.05, 3.63) is 45.6 Å². The monoisotopic (exact) mass is 346 g/mol. The van der Waals surface area contributed by atoms with Crippen LogP contribution in [0.2, 0.25) is 0 Å². The van der Waals surface area contributed by atoms with Gasteiger partial charge in [-0.1, -0.05) is 31.5 Å². The van der Waals surface area contributed by atoms with E-state index in [2.05, 4.69) is 24.5 Å². The summed E-state index contributed by atoms with van der Waals surface area (Å²) < 4.78 is 4.81. The number of aryl methyl sites for hydroxylation is 1. The van der Waals surface area contributed by atoms with E-state index in [0.29, 0.717) is 22.2 Å². The van der Waals surface area contributed by atoms with E-state index in [1.165, 1.54) is 18.4 Å². The van der Waals surface area contributed by atoms with Crippen molar-refractivity contribution >= 4 is 34.7 Å². The lowest BCUT2D eigenvalue weighted by molar-refractivity contribution is 0.0607. The molecule has 1 heterocycles. The van der Waals surface area contributed by atoms with Gasteiger partial charge in [-0.15, -0.1) is 11.3 Å². The zero-order valence-electron chi connectivity index (χ0n) is 14.3. The second-order valence-corrected chi connectivity index (χ2v) is 7.13. The molecule has 0 aliphatic heterocycles. The van der Waals surface area contributed by atoms with Crippen LogP contribution in [0.1, 0.15) is 34.0 Å². The summed E-state index contributed by atoms with van der Waals surface area (Å²) in [6.07, 6.45) is 0.843. The number of urea groups is 1. The SMILES string of the molecule is COC(=O)c1sc(CC(C)C)cc1NC(=O)Nc1ccc(C)cc1. The highest BCUT2D eigenvalue weighted by Gasteiger charge is 2.19. The van der Waals surface area contributed by atoms with Crippen LogP contribution in [0, 0.1) is 12.8 Å². The van der Waals surface area contributed by atoms with E-state index >= 15 is 0 Å². The molecule has 0 fully saturated rings. The lowest BCUT2D eigenvalue weighted by Gasteiger charge is -2.08. The standard InChI is InChI=1S/C18H22N2O3S/c1-11(2)9-14-10-15(16(24-14)17(21)23-4)20-18(22)19-13-7-5-12(3)6-8-13/h5-8,10-11H,9H2,1-4H3,(H2,19,20,22). The molecular weight excluding hydrogens is 324 g/mol. The first-order chi connectivity index (χ1) is 11.4. The van der Waals surface area contributed by atoms with Gasteiger partial charge in [0, 0.05) is 10.6 Å². The molecule has 0 radical (unpaired) electrons. The van der Waals surface area contributed by atoms with E-state index in [1.54, 1.807) is 0 Å². The maximum Gasteiger partial charge on any atom is 0.350 e. The summed E-state index contributed by atoms with van der Waals surface area (Å²) in [5, 5.41) is 5.50. The third-order valence-corrected chi connectivity index (χ3v) is 4.46. The lowest BCUT2D eigenvalue weighted by atomic mass is 10.1. The zero-order chi connectivity index (χ0) is 17.7. The van der Waals surface area contributed by atoms with Crippen molar-refractivity contribution in [3.8, 4) is 0 Å². The maximum absolute atomic E-state index is 12.2. The molecule has 0 aliphatic rings. The Bertz CT molecular complexity index is 720. The Morgan fingerprint density at radius 2 is 1.83 bits per heavy atom. The molecule has 2 N–H and O–H groups in total. The van der Waals surface area contributed by atoms with E-state index in [9.17, 15) is 9.59 Å². The van der Waals surface area contributed by atoms with Gasteiger partial charge in [-0.3, -0.25) is 0 Å². The molecule has 2 rings (SSSR count). The van der Waals surface area contributed by atoms with Crippen molar-refractivity contribution in [2.24, 2.45) is 5.92 Å². The Morgan fingerprint density at radius 3 is 2.42 bits per heavy atom. The quantitative estimate of drug-likeness (QED) is 0.772. The fraction of sp³-hybridized carbons (Fsp3) is 0.333. The van der Waals surface area contributed by atoms with Crippen LogP contribution < -0.4 is 10.6 Å². The number of benzene rings is 1. The third-order valence-electron chi connectivity index (χ3n) is 3.32. The lowest BCUT2D eigenvalue weighted by Crippen LogP contribution is -2.20. The first-order valence-electron chi connectivity index (χ1n) is 7.74. The summed E-state index contributed by atoms with van der Waals surface area (Å²) in [5.74, 6) is 0.0176. The highest BCUT2D eigenvalue weighted by molar-refractivity contribution is 7.14. The molecule has 0 saturated carbocycles. The van der Waals surface area contributed by atoms with Gasteiger partial charge in [0.15, 0.2) is 0 Å². The van der Waals surface area contributed by atoms with Crippen molar-refractivity contribution in [3.63, 3.8) is 0 Å². The number of anilines is 2. The van der Waals surface area contributed by atoms with Gasteiger partial charge < -0.3 is 15.4 Å². The molecule has 6 heteroatoms. The number of nitrogens with one attached hydrogen (secondary N) is 2. The van der Waals surface area contributed by atoms with Crippen LogP contribution in [0.25, 0.3) is 0 Å². The summed E-state index contributed by atoms with van der Waals surface area (Å²) in [7, 11) is 1.33. The predicted molar refractivity (Wildman–Crippen MR) is 98.0 cm³/mol. The molecule has 0 saturated heterocycles. The number of hydrogen-bond donors (Lipinski definition) is 2. The molecule has 1 aromatic heterocycles. The first-order valence-corrected chi connectivity index (χ1v) is 8.56. The highest BCUT2D eigenvalue weighted by Crippen LogP contribution is 2.30. The minimum absolute atomic E-state index is 0.391. The van der Waals surface area contributed by atoms with Gasteiger partial charge in [0.05, 0.1) is 12.8 Å². The molecule has 2 amide bonds. The highest BCUT2D eigenvalue weighted by atomic mass is 32.1. The number of esters is 1. The number of carbonyl (C=O) groups is 2. The molecule has 0 bridgehead atoms. The summed E-state index contributed by atoms with van der Waals surface area (Å²) in [5.41, 5.74) is 2.28. The van der Waals surface area contributed by atoms with Crippen LogP contribution in [0.3, 0.4) is 0 Å². The Kier molecular flexibility index (Phi) is 5.98. The zero-order valence-corrected chi connectivity index (χ0v) is 15.1. The molecule has 24 heavy (non-hydrogen) atoms. The summed E-state index contributed by atoms with van der Waals surface area (Å²) >= 11 is 1.35. The number of carbonyl (C=O) groups excluding carboxylic acids is 2. The molecule has 0 aliphatic carbocycles. The predicted octanol–water partition coefficient (Wildman–Crippen LogP) is 4.69. The topological polar surface area (TPSA) is 67.4 Å². The number of hydrogen-bond acceptors (Lipinski definition) is 4. The minimum atomic E-state index is -0.444. The molecule has 0 atom stereocenters. The van der Waals surface area contributed by atoms with Crippen molar-refractivity contribution in [1.29, 1.82) is 0 Å². The average Bonchev–Trinajstić information content (AvgIpc) is 2.90. The van der Waals surface area contributed by atoms with Gasteiger partial charge in [-0.05, 0) is 37.5 Å². The third kappa shape index (κ3) is 4.83. The van der Waals surface area contributed by atoms with E-state index in [0.717, 1.165) is 16.9 Å². The maximum atomic E-state index is 12.2. The van der Waals surface area contributed by atoms with Gasteiger partial charge >= 0.3 is 12.0 Å². The largest absolute Gasteiger partial charge is 0.465 e. The van der Waals surface area contributed by atoms with Crippen LogP contribution in [0.4, 0.5) is 16.2 Å².